The summed E-state index contributed by atoms with van der Waals surface area (Å²) in [7, 11) is 1.60. The van der Waals surface area contributed by atoms with Crippen LogP contribution in [0.25, 0.3) is 16.7 Å². The van der Waals surface area contributed by atoms with E-state index in [0.717, 1.165) is 16.7 Å². The third-order valence-corrected chi connectivity index (χ3v) is 2.39. The second-order valence-corrected chi connectivity index (χ2v) is 3.23. The first-order valence-corrected chi connectivity index (χ1v) is 4.66. The van der Waals surface area contributed by atoms with E-state index in [4.69, 9.17) is 4.74 Å². The SMILES string of the molecule is COc1nc2ccccc2n2ccnc12. The highest BCUT2D eigenvalue weighted by atomic mass is 16.5. The molecule has 0 fully saturated rings. The van der Waals surface area contributed by atoms with Crippen LogP contribution in [0.3, 0.4) is 0 Å². The largest absolute Gasteiger partial charge is 0.478 e. The first-order valence-electron chi connectivity index (χ1n) is 4.66. The van der Waals surface area contributed by atoms with Gasteiger partial charge in [-0.2, -0.15) is 0 Å². The van der Waals surface area contributed by atoms with E-state index in [1.165, 1.54) is 0 Å². The molecular weight excluding hydrogens is 190 g/mol. The van der Waals surface area contributed by atoms with Crippen LogP contribution in [0, 0.1) is 0 Å². The fourth-order valence-corrected chi connectivity index (χ4v) is 1.71. The van der Waals surface area contributed by atoms with Crippen molar-refractivity contribution in [3.8, 4) is 5.88 Å². The Bertz CT molecular complexity index is 630. The second-order valence-electron chi connectivity index (χ2n) is 3.23. The van der Waals surface area contributed by atoms with Crippen LogP contribution in [0.15, 0.2) is 36.7 Å². The average Bonchev–Trinajstić information content (AvgIpc) is 2.77. The number of methoxy groups -OCH3 is 1. The molecule has 4 nitrogen and oxygen atoms in total. The molecule has 0 amide bonds. The van der Waals surface area contributed by atoms with Crippen molar-refractivity contribution in [3.63, 3.8) is 0 Å². The lowest BCUT2D eigenvalue weighted by molar-refractivity contribution is 0.402. The summed E-state index contributed by atoms with van der Waals surface area (Å²) in [5.41, 5.74) is 2.68. The molecule has 0 bridgehead atoms. The van der Waals surface area contributed by atoms with Crippen LogP contribution in [-0.4, -0.2) is 21.5 Å². The molecule has 0 aliphatic heterocycles. The van der Waals surface area contributed by atoms with E-state index < -0.39 is 0 Å². The third kappa shape index (κ3) is 1.08. The number of rotatable bonds is 1. The Kier molecular flexibility index (Phi) is 1.62. The summed E-state index contributed by atoms with van der Waals surface area (Å²) in [6.07, 6.45) is 3.65. The lowest BCUT2D eigenvalue weighted by Crippen LogP contribution is -1.95. The van der Waals surface area contributed by atoms with Crippen molar-refractivity contribution < 1.29 is 4.74 Å². The highest BCUT2D eigenvalue weighted by molar-refractivity contribution is 5.79. The van der Waals surface area contributed by atoms with Gasteiger partial charge in [-0.15, -0.1) is 0 Å². The summed E-state index contributed by atoms with van der Waals surface area (Å²) < 4.78 is 7.17. The number of aromatic nitrogens is 3. The summed E-state index contributed by atoms with van der Waals surface area (Å²) in [6, 6.07) is 7.90. The summed E-state index contributed by atoms with van der Waals surface area (Å²) in [6.45, 7) is 0. The lowest BCUT2D eigenvalue weighted by Gasteiger charge is -2.05. The van der Waals surface area contributed by atoms with E-state index in [9.17, 15) is 0 Å². The number of hydrogen-bond acceptors (Lipinski definition) is 3. The fourth-order valence-electron chi connectivity index (χ4n) is 1.71. The van der Waals surface area contributed by atoms with E-state index in [0.29, 0.717) is 5.88 Å². The molecule has 1 aromatic carbocycles. The molecule has 0 N–H and O–H groups in total. The number of ether oxygens (including phenoxy) is 1. The molecule has 0 saturated carbocycles. The third-order valence-electron chi connectivity index (χ3n) is 2.39. The monoisotopic (exact) mass is 199 g/mol. The Morgan fingerprint density at radius 2 is 2.13 bits per heavy atom. The van der Waals surface area contributed by atoms with Crippen LogP contribution in [0.2, 0.25) is 0 Å². The summed E-state index contributed by atoms with van der Waals surface area (Å²) in [4.78, 5) is 8.60. The van der Waals surface area contributed by atoms with E-state index in [2.05, 4.69) is 9.97 Å². The van der Waals surface area contributed by atoms with Gasteiger partial charge in [-0.1, -0.05) is 12.1 Å². The van der Waals surface area contributed by atoms with Crippen molar-refractivity contribution in [1.82, 2.24) is 14.4 Å². The smallest absolute Gasteiger partial charge is 0.258 e. The molecule has 0 spiro atoms. The van der Waals surface area contributed by atoms with E-state index in [-0.39, 0.29) is 0 Å². The Morgan fingerprint density at radius 3 is 3.00 bits per heavy atom. The molecule has 0 unspecified atom stereocenters. The van der Waals surface area contributed by atoms with Crippen molar-refractivity contribution in [1.29, 1.82) is 0 Å². The highest BCUT2D eigenvalue weighted by Crippen LogP contribution is 2.21. The van der Waals surface area contributed by atoms with Gasteiger partial charge < -0.3 is 4.74 Å². The van der Waals surface area contributed by atoms with Crippen molar-refractivity contribution in [2.24, 2.45) is 0 Å². The standard InChI is InChI=1S/C11H9N3O/c1-15-11-10-12-6-7-14(10)9-5-3-2-4-8(9)13-11/h2-7H,1H3. The maximum Gasteiger partial charge on any atom is 0.258 e. The fraction of sp³-hybridized carbons (Fsp3) is 0.0909. The normalized spacial score (nSPS) is 11.0. The molecule has 0 aliphatic rings. The van der Waals surface area contributed by atoms with E-state index in [1.54, 1.807) is 13.3 Å². The number of hydrogen-bond donors (Lipinski definition) is 0. The van der Waals surface area contributed by atoms with Gasteiger partial charge in [-0.05, 0) is 12.1 Å². The molecule has 0 radical (unpaired) electrons. The van der Waals surface area contributed by atoms with Gasteiger partial charge in [0.05, 0.1) is 18.1 Å². The highest BCUT2D eigenvalue weighted by Gasteiger charge is 2.08. The van der Waals surface area contributed by atoms with Gasteiger partial charge in [0.25, 0.3) is 5.88 Å². The quantitative estimate of drug-likeness (QED) is 0.600. The minimum Gasteiger partial charge on any atom is -0.478 e. The maximum atomic E-state index is 5.20. The Morgan fingerprint density at radius 1 is 1.27 bits per heavy atom. The molecule has 15 heavy (non-hydrogen) atoms. The lowest BCUT2D eigenvalue weighted by atomic mass is 10.3. The number of imidazole rings is 1. The van der Waals surface area contributed by atoms with Gasteiger partial charge in [-0.25, -0.2) is 9.97 Å². The molecule has 0 aliphatic carbocycles. The Hall–Kier alpha value is -2.10. The Labute approximate surface area is 86.1 Å². The van der Waals surface area contributed by atoms with Gasteiger partial charge in [0.1, 0.15) is 0 Å². The molecule has 0 atom stereocenters. The van der Waals surface area contributed by atoms with E-state index >= 15 is 0 Å². The molecule has 0 saturated heterocycles. The summed E-state index contributed by atoms with van der Waals surface area (Å²) in [5, 5.41) is 0. The van der Waals surface area contributed by atoms with Crippen LogP contribution in [0.5, 0.6) is 5.88 Å². The second kappa shape index (κ2) is 2.95. The minimum absolute atomic E-state index is 0.554. The van der Waals surface area contributed by atoms with Gasteiger partial charge in [0, 0.05) is 12.4 Å². The van der Waals surface area contributed by atoms with E-state index in [1.807, 2.05) is 34.9 Å². The van der Waals surface area contributed by atoms with Crippen molar-refractivity contribution in [2.75, 3.05) is 7.11 Å². The molecule has 3 rings (SSSR count). The van der Waals surface area contributed by atoms with Crippen LogP contribution >= 0.6 is 0 Å². The Balaban J connectivity index is 2.57. The van der Waals surface area contributed by atoms with Crippen LogP contribution in [-0.2, 0) is 0 Å². The first kappa shape index (κ1) is 8.23. The molecule has 2 aromatic heterocycles. The van der Waals surface area contributed by atoms with Crippen molar-refractivity contribution in [3.05, 3.63) is 36.7 Å². The van der Waals surface area contributed by atoms with Crippen molar-refractivity contribution >= 4 is 16.7 Å². The zero-order valence-electron chi connectivity index (χ0n) is 8.21. The number of para-hydroxylation sites is 2. The average molecular weight is 199 g/mol. The van der Waals surface area contributed by atoms with Gasteiger partial charge in [-0.3, -0.25) is 4.40 Å². The summed E-state index contributed by atoms with van der Waals surface area (Å²) >= 11 is 0. The topological polar surface area (TPSA) is 39.4 Å². The minimum atomic E-state index is 0.554. The predicted molar refractivity (Wildman–Crippen MR) is 57.0 cm³/mol. The predicted octanol–water partition coefficient (Wildman–Crippen LogP) is 1.89. The molecule has 2 heterocycles. The first-order chi connectivity index (χ1) is 7.40. The van der Waals surface area contributed by atoms with Gasteiger partial charge >= 0.3 is 0 Å². The zero-order valence-corrected chi connectivity index (χ0v) is 8.21. The van der Waals surface area contributed by atoms with Crippen LogP contribution < -0.4 is 4.74 Å². The van der Waals surface area contributed by atoms with Gasteiger partial charge in [0.15, 0.2) is 0 Å². The number of benzene rings is 1. The molecule has 74 valence electrons. The van der Waals surface area contributed by atoms with Crippen LogP contribution in [0.4, 0.5) is 0 Å². The summed E-state index contributed by atoms with van der Waals surface area (Å²) in [5.74, 6) is 0.554. The molecule has 3 aromatic rings. The molecule has 4 heteroatoms. The molecular formula is C11H9N3O. The van der Waals surface area contributed by atoms with Crippen LogP contribution in [0.1, 0.15) is 0 Å². The number of fused-ring (bicyclic) bond motifs is 3. The van der Waals surface area contributed by atoms with Gasteiger partial charge in [0.2, 0.25) is 5.65 Å². The van der Waals surface area contributed by atoms with Crippen molar-refractivity contribution in [2.45, 2.75) is 0 Å². The zero-order chi connectivity index (χ0) is 10.3. The number of nitrogens with zero attached hydrogens (tertiary/aromatic N) is 3. The maximum absolute atomic E-state index is 5.20.